The third-order valence-electron chi connectivity index (χ3n) is 5.07. The first-order valence-electron chi connectivity index (χ1n) is 10.4. The van der Waals surface area contributed by atoms with Gasteiger partial charge in [0.25, 0.3) is 0 Å². The molecule has 1 saturated carbocycles. The topological polar surface area (TPSA) is 94.2 Å². The number of nitrogens with two attached hydrogens (primary N) is 1. The molecule has 1 aliphatic carbocycles. The predicted molar refractivity (Wildman–Crippen MR) is 122 cm³/mol. The Balaban J connectivity index is 0.00000114. The van der Waals surface area contributed by atoms with Gasteiger partial charge in [-0.3, -0.25) is 4.99 Å². The van der Waals surface area contributed by atoms with Crippen LogP contribution in [0.25, 0.3) is 0 Å². The first kappa shape index (κ1) is 25.3. The Bertz CT molecular complexity index is 916. The molecule has 1 aromatic carbocycles. The second-order valence-corrected chi connectivity index (χ2v) is 8.85. The molecular weight excluding hydrogens is 413 g/mol. The van der Waals surface area contributed by atoms with Crippen LogP contribution in [0.2, 0.25) is 0 Å². The molecule has 1 fully saturated rings. The Kier molecular flexibility index (Phi) is 8.32. The number of hydrogen-bond acceptors (Lipinski definition) is 6. The van der Waals surface area contributed by atoms with E-state index in [-0.39, 0.29) is 12.4 Å². The molecule has 1 atom stereocenters. The summed E-state index contributed by atoms with van der Waals surface area (Å²) in [6, 6.07) is 5.89. The number of allylic oxidation sites excluding steroid dienone is 1. The molecule has 3 rings (SSSR count). The first-order chi connectivity index (χ1) is 15.1. The molecule has 2 N–H and O–H groups in total. The second kappa shape index (κ2) is 10.5. The number of aliphatic imine (C=N–C) groups is 1. The highest BCUT2D eigenvalue weighted by molar-refractivity contribution is 6.05. The maximum absolute atomic E-state index is 13.2. The van der Waals surface area contributed by atoms with Crippen molar-refractivity contribution in [2.24, 2.45) is 16.1 Å². The van der Waals surface area contributed by atoms with Gasteiger partial charge in [0.05, 0.1) is 11.1 Å². The Morgan fingerprint density at radius 2 is 1.88 bits per heavy atom. The molecule has 0 spiro atoms. The number of aldehydes is 1. The van der Waals surface area contributed by atoms with Crippen LogP contribution in [0.4, 0.5) is 14.9 Å². The zero-order chi connectivity index (χ0) is 23.9. The highest BCUT2D eigenvalue weighted by atomic mass is 19.1. The minimum absolute atomic E-state index is 0.235. The van der Waals surface area contributed by atoms with Gasteiger partial charge in [-0.15, -0.1) is 0 Å². The second-order valence-electron chi connectivity index (χ2n) is 8.85. The van der Waals surface area contributed by atoms with Gasteiger partial charge >= 0.3 is 6.09 Å². The largest absolute Gasteiger partial charge is 0.444 e. The van der Waals surface area contributed by atoms with Crippen molar-refractivity contribution in [3.05, 3.63) is 53.5 Å². The molecule has 1 heterocycles. The fourth-order valence-electron chi connectivity index (χ4n) is 3.64. The van der Waals surface area contributed by atoms with Crippen LogP contribution >= 0.6 is 0 Å². The average Bonchev–Trinajstić information content (AvgIpc) is 2.74. The van der Waals surface area contributed by atoms with Crippen LogP contribution in [0.3, 0.4) is 0 Å². The zero-order valence-electron chi connectivity index (χ0n) is 19.4. The molecule has 8 heteroatoms. The fourth-order valence-corrected chi connectivity index (χ4v) is 3.64. The van der Waals surface area contributed by atoms with E-state index < -0.39 is 17.1 Å². The number of fused-ring (bicyclic) bond motifs is 1. The number of ether oxygens (including phenoxy) is 2. The number of halogens is 1. The summed E-state index contributed by atoms with van der Waals surface area (Å²) in [4.78, 5) is 30.8. The van der Waals surface area contributed by atoms with Gasteiger partial charge in [-0.25, -0.2) is 9.18 Å². The highest BCUT2D eigenvalue weighted by Gasteiger charge is 2.45. The molecule has 32 heavy (non-hydrogen) atoms. The van der Waals surface area contributed by atoms with Crippen molar-refractivity contribution < 1.29 is 23.5 Å². The van der Waals surface area contributed by atoms with E-state index >= 15 is 0 Å². The zero-order valence-corrected chi connectivity index (χ0v) is 19.4. The molecule has 2 aliphatic rings. The van der Waals surface area contributed by atoms with Gasteiger partial charge in [0.2, 0.25) is 0 Å². The lowest BCUT2D eigenvalue weighted by molar-refractivity contribution is -0.115. The van der Waals surface area contributed by atoms with Crippen molar-refractivity contribution in [1.82, 2.24) is 4.90 Å². The predicted octanol–water partition coefficient (Wildman–Crippen LogP) is 4.16. The molecule has 0 aromatic heterocycles. The summed E-state index contributed by atoms with van der Waals surface area (Å²) in [5.74, 6) is -0.329. The number of carbonyl (C=O) groups is 2. The maximum atomic E-state index is 13.2. The summed E-state index contributed by atoms with van der Waals surface area (Å²) in [6.07, 6.45) is 4.59. The van der Waals surface area contributed by atoms with E-state index in [0.717, 1.165) is 23.1 Å². The number of hydrogen-bond donors (Lipinski definition) is 1. The molecule has 0 radical (unpaired) electrons. The normalized spacial score (nSPS) is 23.1. The van der Waals surface area contributed by atoms with Gasteiger partial charge < -0.3 is 24.9 Å². The van der Waals surface area contributed by atoms with E-state index in [1.165, 1.54) is 18.3 Å². The monoisotopic (exact) mass is 445 g/mol. The molecule has 1 amide bonds. The van der Waals surface area contributed by atoms with Crippen molar-refractivity contribution >= 4 is 23.8 Å². The quantitative estimate of drug-likeness (QED) is 0.545. The molecule has 1 aliphatic heterocycles. The molecule has 0 bridgehead atoms. The average molecular weight is 446 g/mol. The van der Waals surface area contributed by atoms with Crippen LogP contribution in [-0.4, -0.2) is 55.9 Å². The molecule has 1 aromatic rings. The maximum Gasteiger partial charge on any atom is 0.410 e. The number of carbonyl (C=O) groups excluding carboxylic acids is 2. The summed E-state index contributed by atoms with van der Waals surface area (Å²) >= 11 is 0. The smallest absolute Gasteiger partial charge is 0.410 e. The van der Waals surface area contributed by atoms with Crippen LogP contribution in [0.1, 0.15) is 33.6 Å². The number of amides is 1. The third-order valence-corrected chi connectivity index (χ3v) is 5.07. The summed E-state index contributed by atoms with van der Waals surface area (Å²) < 4.78 is 22.9. The van der Waals surface area contributed by atoms with Crippen LogP contribution in [0, 0.1) is 11.2 Å². The lowest BCUT2D eigenvalue weighted by atomic mass is 9.67. The van der Waals surface area contributed by atoms with Crippen LogP contribution in [0.15, 0.2) is 52.7 Å². The summed E-state index contributed by atoms with van der Waals surface area (Å²) in [5.41, 5.74) is 7.40. The van der Waals surface area contributed by atoms with Crippen molar-refractivity contribution in [2.75, 3.05) is 27.3 Å². The first-order valence-corrected chi connectivity index (χ1v) is 10.4. The van der Waals surface area contributed by atoms with Gasteiger partial charge in [0.1, 0.15) is 17.7 Å². The van der Waals surface area contributed by atoms with E-state index in [1.54, 1.807) is 52.0 Å². The SMILES string of the molecule is CC(C)(C)OC(=O)N1CC=C2CC(=Nc3ccc(F)cc3)/C(=C\N)CC2(C=O)C1.COC. The van der Waals surface area contributed by atoms with Gasteiger partial charge in [-0.1, -0.05) is 11.6 Å². The van der Waals surface area contributed by atoms with Gasteiger partial charge in [-0.2, -0.15) is 0 Å². The Morgan fingerprint density at radius 1 is 1.25 bits per heavy atom. The standard InChI is InChI=1S/C22H26FN3O3.C2H6O/c1-21(2,3)29-20(28)26-9-8-16-10-19(25-18-6-4-17(23)5-7-18)15(12-24)11-22(16,13-26)14-27;1-3-2/h4-8,12,14H,9-11,13,24H2,1-3H3;1-2H3/b15-12-,25-19?;. The van der Waals surface area contributed by atoms with E-state index in [0.29, 0.717) is 25.1 Å². The van der Waals surface area contributed by atoms with Crippen molar-refractivity contribution in [3.63, 3.8) is 0 Å². The third kappa shape index (κ3) is 6.26. The van der Waals surface area contributed by atoms with Crippen LogP contribution in [0.5, 0.6) is 0 Å². The van der Waals surface area contributed by atoms with Crippen molar-refractivity contribution in [1.29, 1.82) is 0 Å². The summed E-state index contributed by atoms with van der Waals surface area (Å²) in [6.45, 7) is 6.02. The van der Waals surface area contributed by atoms with E-state index in [9.17, 15) is 14.0 Å². The lowest BCUT2D eigenvalue weighted by Crippen LogP contribution is -2.50. The lowest BCUT2D eigenvalue weighted by Gasteiger charge is -2.43. The Labute approximate surface area is 188 Å². The number of benzene rings is 1. The number of rotatable bonds is 2. The van der Waals surface area contributed by atoms with Crippen molar-refractivity contribution in [2.45, 2.75) is 39.2 Å². The van der Waals surface area contributed by atoms with Gasteiger partial charge in [-0.05, 0) is 63.2 Å². The van der Waals surface area contributed by atoms with Gasteiger partial charge in [0.15, 0.2) is 0 Å². The molecule has 174 valence electrons. The molecule has 7 nitrogen and oxygen atoms in total. The van der Waals surface area contributed by atoms with Gasteiger partial charge in [0, 0.05) is 39.4 Å². The van der Waals surface area contributed by atoms with Crippen molar-refractivity contribution in [3.8, 4) is 0 Å². The molecular formula is C24H32FN3O4. The van der Waals surface area contributed by atoms with E-state index in [1.807, 2.05) is 6.08 Å². The molecule has 0 saturated heterocycles. The Hall–Kier alpha value is -3.00. The number of methoxy groups -OCH3 is 1. The number of nitrogens with zero attached hydrogens (tertiary/aromatic N) is 2. The minimum atomic E-state index is -0.845. The molecule has 1 unspecified atom stereocenters. The summed E-state index contributed by atoms with van der Waals surface area (Å²) in [5, 5.41) is 0. The highest BCUT2D eigenvalue weighted by Crippen LogP contribution is 2.44. The Morgan fingerprint density at radius 3 is 2.41 bits per heavy atom. The van der Waals surface area contributed by atoms with Crippen LogP contribution < -0.4 is 5.73 Å². The minimum Gasteiger partial charge on any atom is -0.444 e. The summed E-state index contributed by atoms with van der Waals surface area (Å²) in [7, 11) is 3.25. The van der Waals surface area contributed by atoms with E-state index in [2.05, 4.69) is 9.73 Å². The fraction of sp³-hybridized carbons (Fsp3) is 0.458. The van der Waals surface area contributed by atoms with Crippen LogP contribution in [-0.2, 0) is 14.3 Å². The van der Waals surface area contributed by atoms with E-state index in [4.69, 9.17) is 10.5 Å².